The smallest absolute Gasteiger partial charge is 0.418 e. The summed E-state index contributed by atoms with van der Waals surface area (Å²) >= 11 is 0. The average Bonchev–Trinajstić information content (AvgIpc) is 2.85. The molecular formula is C28H27F3N2O6. The molecule has 1 aliphatic heterocycles. The third-order valence-corrected chi connectivity index (χ3v) is 6.46. The molecule has 8 nitrogen and oxygen atoms in total. The van der Waals surface area contributed by atoms with E-state index in [1.165, 1.54) is 25.3 Å². The summed E-state index contributed by atoms with van der Waals surface area (Å²) in [5.41, 5.74) is 4.82. The molecule has 0 radical (unpaired) electrons. The first-order valence-electron chi connectivity index (χ1n) is 12.0. The number of allylic oxidation sites excluding steroid dienone is 2. The van der Waals surface area contributed by atoms with Crippen molar-refractivity contribution in [1.82, 2.24) is 0 Å². The third-order valence-electron chi connectivity index (χ3n) is 6.46. The SMILES string of the molecule is COC(=O)C1=C(N)OC2=C(C(=O)CC(C)(C)C2)C1c1ccccc1OCC(=O)Nc1ccccc1C(F)(F)F. The van der Waals surface area contributed by atoms with Gasteiger partial charge in [-0.15, -0.1) is 0 Å². The maximum atomic E-state index is 13.3. The number of carbonyl (C=O) groups excluding carboxylic acids is 3. The van der Waals surface area contributed by atoms with Gasteiger partial charge in [0.25, 0.3) is 5.91 Å². The van der Waals surface area contributed by atoms with E-state index in [-0.39, 0.29) is 35.0 Å². The van der Waals surface area contributed by atoms with Crippen LogP contribution < -0.4 is 15.8 Å². The summed E-state index contributed by atoms with van der Waals surface area (Å²) in [5, 5.41) is 2.22. The van der Waals surface area contributed by atoms with Crippen molar-refractivity contribution in [3.05, 3.63) is 82.4 Å². The highest BCUT2D eigenvalue weighted by atomic mass is 19.4. The van der Waals surface area contributed by atoms with Gasteiger partial charge in [0.1, 0.15) is 17.1 Å². The summed E-state index contributed by atoms with van der Waals surface area (Å²) in [6.07, 6.45) is -4.07. The Kier molecular flexibility index (Phi) is 7.45. The van der Waals surface area contributed by atoms with Crippen LogP contribution >= 0.6 is 0 Å². The largest absolute Gasteiger partial charge is 0.483 e. The lowest BCUT2D eigenvalue weighted by Gasteiger charge is -2.38. The number of hydrogen-bond acceptors (Lipinski definition) is 7. The van der Waals surface area contributed by atoms with Crippen molar-refractivity contribution < 1.29 is 41.8 Å². The predicted molar refractivity (Wildman–Crippen MR) is 134 cm³/mol. The topological polar surface area (TPSA) is 117 Å². The van der Waals surface area contributed by atoms with Crippen molar-refractivity contribution in [3.8, 4) is 5.75 Å². The molecule has 4 rings (SSSR count). The molecule has 2 aliphatic rings. The Balaban J connectivity index is 1.67. The zero-order valence-electron chi connectivity index (χ0n) is 21.5. The van der Waals surface area contributed by atoms with Gasteiger partial charge in [-0.3, -0.25) is 9.59 Å². The Hall–Kier alpha value is -4.28. The molecule has 1 aliphatic carbocycles. The average molecular weight is 545 g/mol. The van der Waals surface area contributed by atoms with Crippen molar-refractivity contribution in [2.24, 2.45) is 11.1 Å². The summed E-state index contributed by atoms with van der Waals surface area (Å²) in [6.45, 7) is 3.18. The molecule has 11 heteroatoms. The fourth-order valence-electron chi connectivity index (χ4n) is 4.82. The number of nitrogens with one attached hydrogen (secondary N) is 1. The van der Waals surface area contributed by atoms with Gasteiger partial charge in [-0.25, -0.2) is 4.79 Å². The van der Waals surface area contributed by atoms with Gasteiger partial charge in [-0.05, 0) is 23.6 Å². The van der Waals surface area contributed by atoms with Gasteiger partial charge in [-0.2, -0.15) is 13.2 Å². The molecule has 206 valence electrons. The number of benzene rings is 2. The molecule has 1 atom stereocenters. The normalized spacial score (nSPS) is 18.7. The Morgan fingerprint density at radius 1 is 1.10 bits per heavy atom. The van der Waals surface area contributed by atoms with Crippen LogP contribution in [0.2, 0.25) is 0 Å². The van der Waals surface area contributed by atoms with E-state index >= 15 is 0 Å². The van der Waals surface area contributed by atoms with Crippen LogP contribution in [0.25, 0.3) is 0 Å². The molecule has 39 heavy (non-hydrogen) atoms. The van der Waals surface area contributed by atoms with Crippen LogP contribution in [0.15, 0.2) is 71.3 Å². The molecule has 0 aromatic heterocycles. The van der Waals surface area contributed by atoms with Crippen molar-refractivity contribution in [3.63, 3.8) is 0 Å². The van der Waals surface area contributed by atoms with Gasteiger partial charge in [0.15, 0.2) is 12.4 Å². The number of amides is 1. The number of esters is 1. The number of halogens is 3. The van der Waals surface area contributed by atoms with Gasteiger partial charge in [0.2, 0.25) is 5.88 Å². The molecule has 0 bridgehead atoms. The fourth-order valence-corrected chi connectivity index (χ4v) is 4.82. The standard InChI is InChI=1S/C28H27F3N2O6/c1-27(2)12-18(34)23-20(13-27)39-25(32)24(26(36)37-3)22(23)15-8-4-7-11-19(15)38-14-21(35)33-17-10-6-5-9-16(17)28(29,30)31/h4-11,22H,12-14,32H2,1-3H3,(H,33,35). The van der Waals surface area contributed by atoms with Gasteiger partial charge < -0.3 is 25.3 Å². The highest BCUT2D eigenvalue weighted by Crippen LogP contribution is 2.49. The third kappa shape index (κ3) is 5.76. The number of ketones is 1. The fraction of sp³-hybridized carbons (Fsp3) is 0.321. The second-order valence-electron chi connectivity index (χ2n) is 10.0. The number of para-hydroxylation sites is 2. The maximum absolute atomic E-state index is 13.3. The van der Waals surface area contributed by atoms with Crippen LogP contribution in [0.4, 0.5) is 18.9 Å². The number of rotatable bonds is 6. The Labute approximate surface area is 222 Å². The molecule has 2 aromatic carbocycles. The summed E-state index contributed by atoms with van der Waals surface area (Å²) in [7, 11) is 1.17. The van der Waals surface area contributed by atoms with E-state index < -0.39 is 47.2 Å². The minimum absolute atomic E-state index is 0.0936. The van der Waals surface area contributed by atoms with E-state index in [9.17, 15) is 27.6 Å². The molecule has 1 amide bonds. The zero-order chi connectivity index (χ0) is 28.5. The lowest BCUT2D eigenvalue weighted by Crippen LogP contribution is -2.35. The number of carbonyl (C=O) groups is 3. The molecule has 1 unspecified atom stereocenters. The quantitative estimate of drug-likeness (QED) is 0.501. The maximum Gasteiger partial charge on any atom is 0.418 e. The minimum Gasteiger partial charge on any atom is -0.483 e. The first-order valence-corrected chi connectivity index (χ1v) is 12.0. The number of anilines is 1. The lowest BCUT2D eigenvalue weighted by molar-refractivity contribution is -0.137. The number of ether oxygens (including phenoxy) is 3. The molecule has 2 aromatic rings. The molecule has 0 spiro atoms. The van der Waals surface area contributed by atoms with Crippen LogP contribution in [-0.4, -0.2) is 31.4 Å². The lowest BCUT2D eigenvalue weighted by atomic mass is 9.70. The monoisotopic (exact) mass is 544 g/mol. The second kappa shape index (κ2) is 10.5. The Bertz CT molecular complexity index is 1390. The van der Waals surface area contributed by atoms with Gasteiger partial charge in [-0.1, -0.05) is 44.2 Å². The Morgan fingerprint density at radius 3 is 2.46 bits per heavy atom. The van der Waals surface area contributed by atoms with E-state index in [1.54, 1.807) is 18.2 Å². The van der Waals surface area contributed by atoms with Crippen LogP contribution in [0.1, 0.15) is 43.7 Å². The van der Waals surface area contributed by atoms with Gasteiger partial charge in [0, 0.05) is 24.0 Å². The number of nitrogens with two attached hydrogens (primary N) is 1. The molecular weight excluding hydrogens is 517 g/mol. The summed E-state index contributed by atoms with van der Waals surface area (Å²) in [5.74, 6) is -2.64. The molecule has 0 fully saturated rings. The summed E-state index contributed by atoms with van der Waals surface area (Å²) < 4.78 is 56.3. The minimum atomic E-state index is -4.66. The van der Waals surface area contributed by atoms with E-state index in [0.717, 1.165) is 12.1 Å². The van der Waals surface area contributed by atoms with E-state index in [0.29, 0.717) is 17.7 Å². The number of Topliss-reactive ketones (excluding diaryl/α,β-unsaturated/α-hetero) is 1. The van der Waals surface area contributed by atoms with Crippen molar-refractivity contribution in [2.75, 3.05) is 19.0 Å². The number of hydrogen-bond donors (Lipinski definition) is 2. The van der Waals surface area contributed by atoms with E-state index in [1.807, 2.05) is 13.8 Å². The first kappa shape index (κ1) is 27.7. The zero-order valence-corrected chi connectivity index (χ0v) is 21.5. The Morgan fingerprint density at radius 2 is 1.77 bits per heavy atom. The highest BCUT2D eigenvalue weighted by Gasteiger charge is 2.45. The van der Waals surface area contributed by atoms with E-state index in [4.69, 9.17) is 19.9 Å². The van der Waals surface area contributed by atoms with Crippen LogP contribution in [0.3, 0.4) is 0 Å². The van der Waals surface area contributed by atoms with Crippen LogP contribution in [0, 0.1) is 5.41 Å². The number of methoxy groups -OCH3 is 1. The van der Waals surface area contributed by atoms with E-state index in [2.05, 4.69) is 5.32 Å². The molecule has 3 N–H and O–H groups in total. The molecule has 0 saturated carbocycles. The summed E-state index contributed by atoms with van der Waals surface area (Å²) in [4.78, 5) is 38.7. The van der Waals surface area contributed by atoms with Crippen LogP contribution in [0.5, 0.6) is 5.75 Å². The van der Waals surface area contributed by atoms with Crippen molar-refractivity contribution >= 4 is 23.3 Å². The second-order valence-corrected chi connectivity index (χ2v) is 10.0. The first-order chi connectivity index (χ1) is 18.3. The van der Waals surface area contributed by atoms with Gasteiger partial charge in [0.05, 0.1) is 24.3 Å². The molecule has 1 heterocycles. The highest BCUT2D eigenvalue weighted by molar-refractivity contribution is 6.03. The van der Waals surface area contributed by atoms with Gasteiger partial charge >= 0.3 is 12.1 Å². The number of alkyl halides is 3. The van der Waals surface area contributed by atoms with Crippen LogP contribution in [-0.2, 0) is 30.0 Å². The molecule has 0 saturated heterocycles. The van der Waals surface area contributed by atoms with Crippen molar-refractivity contribution in [1.29, 1.82) is 0 Å². The van der Waals surface area contributed by atoms with Crippen molar-refractivity contribution in [2.45, 2.75) is 38.8 Å². The predicted octanol–water partition coefficient (Wildman–Crippen LogP) is 4.82. The summed E-state index contributed by atoms with van der Waals surface area (Å²) in [6, 6.07) is 11.0.